The van der Waals surface area contributed by atoms with E-state index in [1.54, 1.807) is 6.20 Å². The number of fused-ring (bicyclic) bond motifs is 3. The van der Waals surface area contributed by atoms with Crippen LogP contribution in [0.15, 0.2) is 42.7 Å². The van der Waals surface area contributed by atoms with Crippen LogP contribution in [-0.2, 0) is 0 Å². The lowest BCUT2D eigenvalue weighted by atomic mass is 10.2. The third kappa shape index (κ3) is 1.78. The van der Waals surface area contributed by atoms with Crippen molar-refractivity contribution < 1.29 is 0 Å². The molecule has 0 unspecified atom stereocenters. The van der Waals surface area contributed by atoms with Crippen LogP contribution in [-0.4, -0.2) is 9.97 Å². The number of aromatic amines is 1. The summed E-state index contributed by atoms with van der Waals surface area (Å²) < 4.78 is 0. The predicted octanol–water partition coefficient (Wildman–Crippen LogP) is 3.56. The van der Waals surface area contributed by atoms with Crippen molar-refractivity contribution >= 4 is 46.6 Å². The smallest absolute Gasteiger partial charge is 0.0495 e. The highest BCUT2D eigenvalue weighted by molar-refractivity contribution is 6.06. The highest BCUT2D eigenvalue weighted by Gasteiger charge is 2.00. The number of benzene rings is 1. The molecular weight excluding hydrogens is 231 g/mol. The van der Waals surface area contributed by atoms with Gasteiger partial charge in [0.05, 0.1) is 0 Å². The molecule has 0 spiro atoms. The number of aromatic nitrogens is 2. The molecule has 2 nitrogen and oxygen atoms in total. The van der Waals surface area contributed by atoms with Crippen LogP contribution in [0, 0.1) is 0 Å². The molecule has 0 amide bonds. The first kappa shape index (κ1) is 11.8. The first-order valence-electron chi connectivity index (χ1n) is 4.25. The minimum Gasteiger partial charge on any atom is -0.354 e. The molecule has 15 heavy (non-hydrogen) atoms. The van der Waals surface area contributed by atoms with Crippen molar-refractivity contribution in [2.45, 2.75) is 0 Å². The van der Waals surface area contributed by atoms with Gasteiger partial charge in [0.25, 0.3) is 0 Å². The van der Waals surface area contributed by atoms with Gasteiger partial charge in [-0.15, -0.1) is 24.8 Å². The minimum absolute atomic E-state index is 0. The molecule has 4 heteroatoms. The van der Waals surface area contributed by atoms with E-state index >= 15 is 0 Å². The second kappa shape index (κ2) is 4.51. The molecule has 2 heterocycles. The fourth-order valence-electron chi connectivity index (χ4n) is 1.69. The van der Waals surface area contributed by atoms with Gasteiger partial charge in [-0.2, -0.15) is 0 Å². The van der Waals surface area contributed by atoms with Crippen molar-refractivity contribution in [2.24, 2.45) is 0 Å². The largest absolute Gasteiger partial charge is 0.354 e. The zero-order valence-electron chi connectivity index (χ0n) is 7.81. The Balaban J connectivity index is 0.000000562. The van der Waals surface area contributed by atoms with Crippen molar-refractivity contribution in [3.63, 3.8) is 0 Å². The van der Waals surface area contributed by atoms with Crippen molar-refractivity contribution in [2.75, 3.05) is 0 Å². The number of halogens is 2. The molecule has 3 aromatic rings. The summed E-state index contributed by atoms with van der Waals surface area (Å²) in [5.74, 6) is 0. The standard InChI is InChI=1S/C11H8N2.2ClH/c1-2-4-10-8(3-1)9-7-12-6-5-11(9)13-10;;/h1-7,13H;2*1H. The van der Waals surface area contributed by atoms with E-state index in [1.165, 1.54) is 16.3 Å². The highest BCUT2D eigenvalue weighted by atomic mass is 35.5. The van der Waals surface area contributed by atoms with E-state index in [-0.39, 0.29) is 24.8 Å². The van der Waals surface area contributed by atoms with Gasteiger partial charge in [0, 0.05) is 34.2 Å². The summed E-state index contributed by atoms with van der Waals surface area (Å²) in [5, 5.41) is 2.43. The number of pyridine rings is 1. The number of para-hydroxylation sites is 1. The lowest BCUT2D eigenvalue weighted by molar-refractivity contribution is 1.36. The maximum Gasteiger partial charge on any atom is 0.0495 e. The summed E-state index contributed by atoms with van der Waals surface area (Å²) in [7, 11) is 0. The number of hydrogen-bond donors (Lipinski definition) is 1. The third-order valence-electron chi connectivity index (χ3n) is 2.31. The van der Waals surface area contributed by atoms with Crippen molar-refractivity contribution in [1.29, 1.82) is 0 Å². The molecule has 1 N–H and O–H groups in total. The van der Waals surface area contributed by atoms with E-state index < -0.39 is 0 Å². The van der Waals surface area contributed by atoms with Crippen LogP contribution < -0.4 is 0 Å². The summed E-state index contributed by atoms with van der Waals surface area (Å²) in [6, 6.07) is 10.3. The second-order valence-electron chi connectivity index (χ2n) is 3.09. The van der Waals surface area contributed by atoms with Crippen LogP contribution in [0.25, 0.3) is 21.8 Å². The van der Waals surface area contributed by atoms with E-state index in [2.05, 4.69) is 22.1 Å². The van der Waals surface area contributed by atoms with Gasteiger partial charge in [-0.05, 0) is 12.1 Å². The zero-order valence-corrected chi connectivity index (χ0v) is 9.44. The van der Waals surface area contributed by atoms with Gasteiger partial charge in [0.15, 0.2) is 0 Å². The second-order valence-corrected chi connectivity index (χ2v) is 3.09. The minimum atomic E-state index is 0. The average molecular weight is 241 g/mol. The van der Waals surface area contributed by atoms with Gasteiger partial charge in [0.2, 0.25) is 0 Å². The summed E-state index contributed by atoms with van der Waals surface area (Å²) >= 11 is 0. The van der Waals surface area contributed by atoms with Crippen molar-refractivity contribution in [3.8, 4) is 0 Å². The fraction of sp³-hybridized carbons (Fsp3) is 0. The Morgan fingerprint density at radius 3 is 2.47 bits per heavy atom. The summed E-state index contributed by atoms with van der Waals surface area (Å²) in [6.07, 6.45) is 3.70. The molecule has 0 fully saturated rings. The summed E-state index contributed by atoms with van der Waals surface area (Å²) in [5.41, 5.74) is 2.32. The fourth-order valence-corrected chi connectivity index (χ4v) is 1.69. The summed E-state index contributed by atoms with van der Waals surface area (Å²) in [4.78, 5) is 7.45. The lowest BCUT2D eigenvalue weighted by Gasteiger charge is -1.87. The maximum atomic E-state index is 4.12. The maximum absolute atomic E-state index is 4.12. The van der Waals surface area contributed by atoms with E-state index in [0.29, 0.717) is 0 Å². The first-order valence-corrected chi connectivity index (χ1v) is 4.25. The van der Waals surface area contributed by atoms with E-state index in [1.807, 2.05) is 24.4 Å². The van der Waals surface area contributed by atoms with Gasteiger partial charge in [-0.25, -0.2) is 0 Å². The van der Waals surface area contributed by atoms with Gasteiger partial charge >= 0.3 is 0 Å². The number of rotatable bonds is 0. The van der Waals surface area contributed by atoms with Crippen molar-refractivity contribution in [3.05, 3.63) is 42.7 Å². The predicted molar refractivity (Wildman–Crippen MR) is 68.1 cm³/mol. The van der Waals surface area contributed by atoms with E-state index in [4.69, 9.17) is 0 Å². The molecule has 0 radical (unpaired) electrons. The molecule has 78 valence electrons. The number of nitrogens with one attached hydrogen (secondary N) is 1. The molecule has 0 aliphatic carbocycles. The molecule has 0 aliphatic heterocycles. The van der Waals surface area contributed by atoms with E-state index in [0.717, 1.165) is 5.52 Å². The van der Waals surface area contributed by atoms with Gasteiger partial charge in [0.1, 0.15) is 0 Å². The zero-order chi connectivity index (χ0) is 8.67. The Hall–Kier alpha value is -1.25. The van der Waals surface area contributed by atoms with E-state index in [9.17, 15) is 0 Å². The van der Waals surface area contributed by atoms with Crippen molar-refractivity contribution in [1.82, 2.24) is 9.97 Å². The van der Waals surface area contributed by atoms with Crippen LogP contribution in [0.2, 0.25) is 0 Å². The van der Waals surface area contributed by atoms with Gasteiger partial charge in [-0.1, -0.05) is 18.2 Å². The highest BCUT2D eigenvalue weighted by Crippen LogP contribution is 2.23. The monoisotopic (exact) mass is 240 g/mol. The van der Waals surface area contributed by atoms with Crippen LogP contribution in [0.1, 0.15) is 0 Å². The topological polar surface area (TPSA) is 28.7 Å². The molecule has 1 aromatic carbocycles. The average Bonchev–Trinajstić information content (AvgIpc) is 2.56. The third-order valence-corrected chi connectivity index (χ3v) is 2.31. The van der Waals surface area contributed by atoms with Crippen LogP contribution in [0.3, 0.4) is 0 Å². The van der Waals surface area contributed by atoms with Gasteiger partial charge < -0.3 is 4.98 Å². The lowest BCUT2D eigenvalue weighted by Crippen LogP contribution is -1.68. The molecule has 0 aliphatic rings. The first-order chi connectivity index (χ1) is 6.45. The number of H-pyrrole nitrogens is 1. The molecule has 0 atom stereocenters. The Morgan fingerprint density at radius 2 is 1.60 bits per heavy atom. The number of nitrogens with zero attached hydrogens (tertiary/aromatic N) is 1. The Kier molecular flexibility index (Phi) is 3.56. The molecule has 3 rings (SSSR count). The SMILES string of the molecule is Cl.Cl.c1ccc2c(c1)[nH]c1ccncc12. The molecule has 0 saturated heterocycles. The molecule has 2 aromatic heterocycles. The van der Waals surface area contributed by atoms with Crippen LogP contribution in [0.5, 0.6) is 0 Å². The van der Waals surface area contributed by atoms with Crippen LogP contribution >= 0.6 is 24.8 Å². The van der Waals surface area contributed by atoms with Crippen LogP contribution in [0.4, 0.5) is 0 Å². The Labute approximate surface area is 99.5 Å². The Morgan fingerprint density at radius 1 is 0.867 bits per heavy atom. The Bertz CT molecular complexity index is 524. The molecular formula is C11H10Cl2N2. The molecule has 0 saturated carbocycles. The quantitative estimate of drug-likeness (QED) is 0.640. The summed E-state index contributed by atoms with van der Waals surface area (Å²) in [6.45, 7) is 0. The molecule has 0 bridgehead atoms. The normalized spacial score (nSPS) is 9.60. The van der Waals surface area contributed by atoms with Gasteiger partial charge in [-0.3, -0.25) is 4.98 Å². The number of hydrogen-bond acceptors (Lipinski definition) is 1.